The van der Waals surface area contributed by atoms with E-state index in [0.29, 0.717) is 12.2 Å². The highest BCUT2D eigenvalue weighted by molar-refractivity contribution is 7.92. The summed E-state index contributed by atoms with van der Waals surface area (Å²) in [7, 11) is -5.32. The van der Waals surface area contributed by atoms with Crippen LogP contribution in [0.15, 0.2) is 29.2 Å². The summed E-state index contributed by atoms with van der Waals surface area (Å²) in [5.74, 6) is 1.57. The second-order valence-electron chi connectivity index (χ2n) is 6.01. The largest absolute Gasteiger partial charge is 0.501 e. The average Bonchev–Trinajstić information content (AvgIpc) is 3.01. The zero-order chi connectivity index (χ0) is 18.2. The minimum Gasteiger partial charge on any atom is -0.371 e. The molecule has 0 aliphatic carbocycles. The lowest BCUT2D eigenvalue weighted by Crippen LogP contribution is -2.34. The van der Waals surface area contributed by atoms with Crippen LogP contribution in [0.2, 0.25) is 0 Å². The molecule has 0 spiro atoms. The Morgan fingerprint density at radius 3 is 2.48 bits per heavy atom. The lowest BCUT2D eigenvalue weighted by atomic mass is 9.97. The van der Waals surface area contributed by atoms with Gasteiger partial charge in [-0.3, -0.25) is 5.10 Å². The minimum atomic E-state index is -5.32. The molecular formula is C15H17F3N4O2S. The monoisotopic (exact) mass is 374 g/mol. The Bertz CT molecular complexity index is 846. The molecule has 0 amide bonds. The molecule has 3 rings (SSSR count). The summed E-state index contributed by atoms with van der Waals surface area (Å²) in [6, 6.07) is 4.81. The number of hydrogen-bond acceptors (Lipinski definition) is 5. The molecule has 10 heteroatoms. The van der Waals surface area contributed by atoms with E-state index in [4.69, 9.17) is 0 Å². The predicted octanol–water partition coefficient (Wildman–Crippen LogP) is 2.79. The van der Waals surface area contributed by atoms with E-state index in [1.165, 1.54) is 12.1 Å². The van der Waals surface area contributed by atoms with Crippen molar-refractivity contribution in [3.8, 4) is 0 Å². The predicted molar refractivity (Wildman–Crippen MR) is 85.0 cm³/mol. The number of sulfone groups is 1. The molecule has 25 heavy (non-hydrogen) atoms. The maximum absolute atomic E-state index is 12.6. The number of halogens is 3. The Hall–Kier alpha value is -2.10. The van der Waals surface area contributed by atoms with E-state index in [0.717, 1.165) is 43.2 Å². The fraction of sp³-hybridized carbons (Fsp3) is 0.467. The summed E-state index contributed by atoms with van der Waals surface area (Å²) in [6.45, 7) is 3.19. The number of rotatable bonds is 3. The first-order chi connectivity index (χ1) is 11.7. The zero-order valence-electron chi connectivity index (χ0n) is 13.4. The van der Waals surface area contributed by atoms with Gasteiger partial charge in [-0.25, -0.2) is 13.4 Å². The molecule has 1 aliphatic rings. The number of anilines is 1. The highest BCUT2D eigenvalue weighted by Crippen LogP contribution is 2.32. The number of H-pyrrole nitrogens is 1. The Morgan fingerprint density at radius 1 is 1.24 bits per heavy atom. The molecule has 2 heterocycles. The van der Waals surface area contributed by atoms with Crippen molar-refractivity contribution in [3.63, 3.8) is 0 Å². The van der Waals surface area contributed by atoms with Gasteiger partial charge in [0, 0.05) is 24.7 Å². The maximum Gasteiger partial charge on any atom is 0.501 e. The van der Waals surface area contributed by atoms with Crippen LogP contribution in [0.4, 0.5) is 18.9 Å². The maximum atomic E-state index is 12.6. The van der Waals surface area contributed by atoms with Gasteiger partial charge in [0.15, 0.2) is 5.82 Å². The van der Waals surface area contributed by atoms with E-state index in [-0.39, 0.29) is 5.92 Å². The molecule has 1 atom stereocenters. The average molecular weight is 374 g/mol. The summed E-state index contributed by atoms with van der Waals surface area (Å²) in [5.41, 5.74) is -4.62. The molecule has 6 nitrogen and oxygen atoms in total. The number of piperidine rings is 1. The summed E-state index contributed by atoms with van der Waals surface area (Å²) >= 11 is 0. The molecule has 0 saturated carbocycles. The molecule has 1 fully saturated rings. The molecule has 0 radical (unpaired) electrons. The first-order valence-electron chi connectivity index (χ1n) is 7.74. The van der Waals surface area contributed by atoms with Crippen LogP contribution in [-0.4, -0.2) is 42.2 Å². The van der Waals surface area contributed by atoms with Crippen LogP contribution in [0.25, 0.3) is 0 Å². The van der Waals surface area contributed by atoms with Crippen LogP contribution < -0.4 is 4.90 Å². The summed E-state index contributed by atoms with van der Waals surface area (Å²) in [4.78, 5) is 5.59. The van der Waals surface area contributed by atoms with Crippen LogP contribution in [0, 0.1) is 6.92 Å². The van der Waals surface area contributed by atoms with Gasteiger partial charge in [0.05, 0.1) is 4.90 Å². The van der Waals surface area contributed by atoms with Crippen molar-refractivity contribution in [1.82, 2.24) is 15.2 Å². The summed E-state index contributed by atoms with van der Waals surface area (Å²) < 4.78 is 60.6. The van der Waals surface area contributed by atoms with Crippen LogP contribution in [0.3, 0.4) is 0 Å². The summed E-state index contributed by atoms with van der Waals surface area (Å²) in [6.07, 6.45) is 1.81. The van der Waals surface area contributed by atoms with Crippen LogP contribution >= 0.6 is 0 Å². The Labute approximate surface area is 143 Å². The molecule has 1 N–H and O–H groups in total. The fourth-order valence-electron chi connectivity index (χ4n) is 2.93. The van der Waals surface area contributed by atoms with Crippen molar-refractivity contribution in [2.24, 2.45) is 0 Å². The van der Waals surface area contributed by atoms with Gasteiger partial charge in [-0.15, -0.1) is 0 Å². The van der Waals surface area contributed by atoms with Crippen molar-refractivity contribution in [2.45, 2.75) is 36.1 Å². The second kappa shape index (κ2) is 6.32. The second-order valence-corrected chi connectivity index (χ2v) is 7.95. The molecule has 1 aromatic heterocycles. The third-order valence-electron chi connectivity index (χ3n) is 4.22. The summed E-state index contributed by atoms with van der Waals surface area (Å²) in [5, 5.41) is 6.98. The Kier molecular flexibility index (Phi) is 4.48. The normalized spacial score (nSPS) is 19.2. The first-order valence-corrected chi connectivity index (χ1v) is 9.22. The van der Waals surface area contributed by atoms with Gasteiger partial charge in [-0.1, -0.05) is 0 Å². The van der Waals surface area contributed by atoms with Gasteiger partial charge in [0.2, 0.25) is 0 Å². The lowest BCUT2D eigenvalue weighted by molar-refractivity contribution is -0.0436. The van der Waals surface area contributed by atoms with E-state index in [2.05, 4.69) is 15.2 Å². The van der Waals surface area contributed by atoms with E-state index in [9.17, 15) is 21.6 Å². The number of nitrogens with zero attached hydrogens (tertiary/aromatic N) is 3. The Balaban J connectivity index is 1.78. The van der Waals surface area contributed by atoms with Gasteiger partial charge in [0.25, 0.3) is 9.84 Å². The highest BCUT2D eigenvalue weighted by Gasteiger charge is 2.46. The number of benzene rings is 1. The van der Waals surface area contributed by atoms with E-state index >= 15 is 0 Å². The van der Waals surface area contributed by atoms with Crippen molar-refractivity contribution in [2.75, 3.05) is 18.0 Å². The highest BCUT2D eigenvalue weighted by atomic mass is 32.2. The number of aromatic amines is 1. The van der Waals surface area contributed by atoms with Crippen LogP contribution in [-0.2, 0) is 9.84 Å². The lowest BCUT2D eigenvalue weighted by Gasteiger charge is -2.33. The van der Waals surface area contributed by atoms with Crippen molar-refractivity contribution in [1.29, 1.82) is 0 Å². The number of aromatic nitrogens is 3. The van der Waals surface area contributed by atoms with Gasteiger partial charge >= 0.3 is 5.51 Å². The van der Waals surface area contributed by atoms with Gasteiger partial charge in [-0.05, 0) is 44.0 Å². The fourth-order valence-corrected chi connectivity index (χ4v) is 3.70. The van der Waals surface area contributed by atoms with E-state index in [1.807, 2.05) is 11.8 Å². The molecular weight excluding hydrogens is 357 g/mol. The SMILES string of the molecule is Cc1nc(C2CCCN(c3ccc(S(=O)(=O)C(F)(F)F)cc3)C2)n[nH]1. The quantitative estimate of drug-likeness (QED) is 0.894. The molecule has 1 unspecified atom stereocenters. The van der Waals surface area contributed by atoms with Crippen LogP contribution in [0.5, 0.6) is 0 Å². The topological polar surface area (TPSA) is 79.0 Å². The number of aryl methyl sites for hydroxylation is 1. The number of alkyl halides is 3. The van der Waals surface area contributed by atoms with E-state index < -0.39 is 20.2 Å². The van der Waals surface area contributed by atoms with Gasteiger partial charge < -0.3 is 4.90 Å². The molecule has 0 bridgehead atoms. The van der Waals surface area contributed by atoms with Gasteiger partial charge in [-0.2, -0.15) is 18.3 Å². The molecule has 136 valence electrons. The zero-order valence-corrected chi connectivity index (χ0v) is 14.2. The first kappa shape index (κ1) is 17.7. The number of nitrogens with one attached hydrogen (secondary N) is 1. The van der Waals surface area contributed by atoms with Crippen molar-refractivity contribution >= 4 is 15.5 Å². The molecule has 1 saturated heterocycles. The molecule has 1 aliphatic heterocycles. The number of hydrogen-bond donors (Lipinski definition) is 1. The standard InChI is InChI=1S/C15H17F3N4O2S/c1-10-19-14(21-20-10)11-3-2-8-22(9-11)12-4-6-13(7-5-12)25(23,24)15(16,17)18/h4-7,11H,2-3,8-9H2,1H3,(H,19,20,21). The van der Waals surface area contributed by atoms with Crippen molar-refractivity contribution in [3.05, 3.63) is 35.9 Å². The third kappa shape index (κ3) is 3.48. The molecule has 2 aromatic rings. The minimum absolute atomic E-state index is 0.122. The van der Waals surface area contributed by atoms with Crippen molar-refractivity contribution < 1.29 is 21.6 Å². The smallest absolute Gasteiger partial charge is 0.371 e. The van der Waals surface area contributed by atoms with Crippen LogP contribution in [0.1, 0.15) is 30.4 Å². The third-order valence-corrected chi connectivity index (χ3v) is 5.72. The Morgan fingerprint density at radius 2 is 1.92 bits per heavy atom. The van der Waals surface area contributed by atoms with E-state index in [1.54, 1.807) is 0 Å². The molecule has 1 aromatic carbocycles. The van der Waals surface area contributed by atoms with Gasteiger partial charge in [0.1, 0.15) is 5.82 Å².